The Kier molecular flexibility index (Phi) is 5.43. The van der Waals surface area contributed by atoms with Crippen LogP contribution in [0, 0.1) is 0 Å². The molecule has 0 aliphatic carbocycles. The summed E-state index contributed by atoms with van der Waals surface area (Å²) in [4.78, 5) is 25.4. The van der Waals surface area contributed by atoms with Gasteiger partial charge in [-0.1, -0.05) is 23.7 Å². The number of pyridine rings is 2. The number of carbonyl (C=O) groups excluding carboxylic acids is 1. The van der Waals surface area contributed by atoms with Gasteiger partial charge in [0.2, 0.25) is 5.91 Å². The van der Waals surface area contributed by atoms with Crippen molar-refractivity contribution in [1.29, 1.82) is 0 Å². The smallest absolute Gasteiger partial charge is 0.244 e. The highest BCUT2D eigenvalue weighted by Crippen LogP contribution is 2.26. The Balaban J connectivity index is 1.78. The Bertz CT molecular complexity index is 671. The first kappa shape index (κ1) is 16.9. The molecule has 0 N–H and O–H groups in total. The van der Waals surface area contributed by atoms with Crippen molar-refractivity contribution in [2.45, 2.75) is 25.4 Å². The molecule has 5 nitrogen and oxygen atoms in total. The van der Waals surface area contributed by atoms with E-state index in [0.717, 1.165) is 37.1 Å². The molecule has 0 spiro atoms. The number of rotatable bonds is 5. The highest BCUT2D eigenvalue weighted by Gasteiger charge is 2.31. The lowest BCUT2D eigenvalue weighted by molar-refractivity contribution is -0.136. The normalized spacial score (nSPS) is 16.1. The average Bonchev–Trinajstić information content (AvgIpc) is 3.12. The van der Waals surface area contributed by atoms with Crippen molar-refractivity contribution in [1.82, 2.24) is 19.8 Å². The maximum Gasteiger partial charge on any atom is 0.244 e. The average molecular weight is 345 g/mol. The summed E-state index contributed by atoms with van der Waals surface area (Å²) in [6.07, 6.45) is 7.50. The van der Waals surface area contributed by atoms with Crippen molar-refractivity contribution >= 4 is 17.5 Å². The largest absolute Gasteiger partial charge is 0.340 e. The number of carbonyl (C=O) groups is 1. The van der Waals surface area contributed by atoms with E-state index in [1.54, 1.807) is 29.6 Å². The van der Waals surface area contributed by atoms with Gasteiger partial charge in [0.15, 0.2) is 0 Å². The molecule has 1 unspecified atom stereocenters. The standard InChI is InChI=1S/C18H21ClN4O/c1-22(13-14-6-7-16(19)21-11-14)18(24)17(23-9-2-3-10-23)15-5-4-8-20-12-15/h4-8,11-12,17H,2-3,9-10,13H2,1H3. The first-order valence-electron chi connectivity index (χ1n) is 8.14. The Morgan fingerprint density at radius 2 is 2.08 bits per heavy atom. The summed E-state index contributed by atoms with van der Waals surface area (Å²) in [5.41, 5.74) is 1.91. The molecule has 2 aromatic heterocycles. The van der Waals surface area contributed by atoms with Gasteiger partial charge < -0.3 is 4.90 Å². The van der Waals surface area contributed by atoms with Gasteiger partial charge in [-0.05, 0) is 49.2 Å². The number of nitrogens with zero attached hydrogens (tertiary/aromatic N) is 4. The third kappa shape index (κ3) is 3.91. The maximum absolute atomic E-state index is 13.1. The Labute approximate surface area is 147 Å². The zero-order chi connectivity index (χ0) is 16.9. The second-order valence-corrected chi connectivity index (χ2v) is 6.50. The van der Waals surface area contributed by atoms with Crippen molar-refractivity contribution in [3.63, 3.8) is 0 Å². The lowest BCUT2D eigenvalue weighted by atomic mass is 10.1. The molecule has 0 radical (unpaired) electrons. The molecule has 2 aromatic rings. The van der Waals surface area contributed by atoms with Crippen LogP contribution in [0.3, 0.4) is 0 Å². The van der Waals surface area contributed by atoms with Gasteiger partial charge in [0.25, 0.3) is 0 Å². The van der Waals surface area contributed by atoms with Gasteiger partial charge >= 0.3 is 0 Å². The van der Waals surface area contributed by atoms with E-state index in [9.17, 15) is 4.79 Å². The Morgan fingerprint density at radius 1 is 1.29 bits per heavy atom. The molecule has 1 atom stereocenters. The van der Waals surface area contributed by atoms with Crippen LogP contribution in [0.25, 0.3) is 0 Å². The highest BCUT2D eigenvalue weighted by molar-refractivity contribution is 6.29. The highest BCUT2D eigenvalue weighted by atomic mass is 35.5. The number of amides is 1. The van der Waals surface area contributed by atoms with Crippen molar-refractivity contribution < 1.29 is 4.79 Å². The summed E-state index contributed by atoms with van der Waals surface area (Å²) < 4.78 is 0. The van der Waals surface area contributed by atoms with Crippen LogP contribution in [0.2, 0.25) is 5.15 Å². The van der Waals surface area contributed by atoms with Gasteiger partial charge in [0.1, 0.15) is 11.2 Å². The third-order valence-electron chi connectivity index (χ3n) is 4.32. The van der Waals surface area contributed by atoms with Crippen LogP contribution in [-0.2, 0) is 11.3 Å². The van der Waals surface area contributed by atoms with Gasteiger partial charge in [-0.25, -0.2) is 4.98 Å². The molecule has 3 heterocycles. The zero-order valence-electron chi connectivity index (χ0n) is 13.7. The Hall–Kier alpha value is -1.98. The quantitative estimate of drug-likeness (QED) is 0.782. The van der Waals surface area contributed by atoms with Crippen LogP contribution in [0.5, 0.6) is 0 Å². The van der Waals surface area contributed by atoms with Crippen LogP contribution in [0.1, 0.15) is 30.0 Å². The van der Waals surface area contributed by atoms with E-state index < -0.39 is 0 Å². The summed E-state index contributed by atoms with van der Waals surface area (Å²) in [5, 5.41) is 0.457. The third-order valence-corrected chi connectivity index (χ3v) is 4.55. The van der Waals surface area contributed by atoms with E-state index in [2.05, 4.69) is 14.9 Å². The topological polar surface area (TPSA) is 49.3 Å². The molecule has 1 aliphatic heterocycles. The van der Waals surface area contributed by atoms with E-state index in [-0.39, 0.29) is 11.9 Å². The fourth-order valence-electron chi connectivity index (χ4n) is 3.11. The summed E-state index contributed by atoms with van der Waals surface area (Å²) in [7, 11) is 1.83. The molecular weight excluding hydrogens is 324 g/mol. The van der Waals surface area contributed by atoms with Gasteiger partial charge in [0, 0.05) is 32.2 Å². The minimum atomic E-state index is -0.272. The number of aromatic nitrogens is 2. The minimum absolute atomic E-state index is 0.0832. The summed E-state index contributed by atoms with van der Waals surface area (Å²) in [5.74, 6) is 0.0832. The maximum atomic E-state index is 13.1. The fourth-order valence-corrected chi connectivity index (χ4v) is 3.22. The minimum Gasteiger partial charge on any atom is -0.340 e. The van der Waals surface area contributed by atoms with Gasteiger partial charge in [-0.2, -0.15) is 0 Å². The SMILES string of the molecule is CN(Cc1ccc(Cl)nc1)C(=O)C(c1cccnc1)N1CCCC1. The van der Waals surface area contributed by atoms with E-state index in [0.29, 0.717) is 11.7 Å². The molecule has 24 heavy (non-hydrogen) atoms. The van der Waals surface area contributed by atoms with Crippen LogP contribution >= 0.6 is 11.6 Å². The van der Waals surface area contributed by atoms with Gasteiger partial charge in [0.05, 0.1) is 0 Å². The van der Waals surface area contributed by atoms with Gasteiger partial charge in [-0.15, -0.1) is 0 Å². The molecule has 1 amide bonds. The molecule has 6 heteroatoms. The predicted octanol–water partition coefficient (Wildman–Crippen LogP) is 2.93. The van der Waals surface area contributed by atoms with E-state index in [4.69, 9.17) is 11.6 Å². The van der Waals surface area contributed by atoms with Crippen molar-refractivity contribution in [3.8, 4) is 0 Å². The summed E-state index contributed by atoms with van der Waals surface area (Å²) in [6.45, 7) is 2.40. The predicted molar refractivity (Wildman–Crippen MR) is 93.5 cm³/mol. The molecule has 0 bridgehead atoms. The molecule has 126 valence electrons. The summed E-state index contributed by atoms with van der Waals surface area (Å²) >= 11 is 5.82. The van der Waals surface area contributed by atoms with Crippen molar-refractivity contribution in [2.24, 2.45) is 0 Å². The van der Waals surface area contributed by atoms with Crippen LogP contribution in [0.4, 0.5) is 0 Å². The molecule has 1 aliphatic rings. The number of likely N-dealkylation sites (N-methyl/N-ethyl adjacent to an activating group) is 1. The second-order valence-electron chi connectivity index (χ2n) is 6.12. The fraction of sp³-hybridized carbons (Fsp3) is 0.389. The lowest BCUT2D eigenvalue weighted by Gasteiger charge is -2.30. The number of halogens is 1. The second kappa shape index (κ2) is 7.73. The molecule has 1 fully saturated rings. The van der Waals surface area contributed by atoms with E-state index in [1.165, 1.54) is 0 Å². The number of hydrogen-bond acceptors (Lipinski definition) is 4. The zero-order valence-corrected chi connectivity index (χ0v) is 14.5. The van der Waals surface area contributed by atoms with Crippen molar-refractivity contribution in [2.75, 3.05) is 20.1 Å². The van der Waals surface area contributed by atoms with Crippen molar-refractivity contribution in [3.05, 3.63) is 59.1 Å². The monoisotopic (exact) mass is 344 g/mol. The number of hydrogen-bond donors (Lipinski definition) is 0. The Morgan fingerprint density at radius 3 is 2.71 bits per heavy atom. The number of likely N-dealkylation sites (tertiary alicyclic amines) is 1. The van der Waals surface area contributed by atoms with Gasteiger partial charge in [-0.3, -0.25) is 14.7 Å². The van der Waals surface area contributed by atoms with Crippen LogP contribution in [-0.4, -0.2) is 45.8 Å². The van der Waals surface area contributed by atoms with E-state index in [1.807, 2.05) is 25.2 Å². The molecular formula is C18H21ClN4O. The molecule has 1 saturated heterocycles. The van der Waals surface area contributed by atoms with Crippen LogP contribution in [0.15, 0.2) is 42.9 Å². The van der Waals surface area contributed by atoms with Crippen LogP contribution < -0.4 is 0 Å². The first-order chi connectivity index (χ1) is 11.6. The molecule has 0 saturated carbocycles. The molecule has 0 aromatic carbocycles. The van der Waals surface area contributed by atoms with E-state index >= 15 is 0 Å². The lowest BCUT2D eigenvalue weighted by Crippen LogP contribution is -2.40. The summed E-state index contributed by atoms with van der Waals surface area (Å²) in [6, 6.07) is 7.23. The first-order valence-corrected chi connectivity index (χ1v) is 8.52. The molecule has 3 rings (SSSR count).